The summed E-state index contributed by atoms with van der Waals surface area (Å²) in [7, 11) is -2.42. The maximum absolute atomic E-state index is 13.5. The Bertz CT molecular complexity index is 1250. The van der Waals surface area contributed by atoms with Crippen molar-refractivity contribution in [1.82, 2.24) is 19.9 Å². The molecule has 0 radical (unpaired) electrons. The third-order valence-corrected chi connectivity index (χ3v) is 5.54. The minimum Gasteiger partial charge on any atom is -0.364 e. The Morgan fingerprint density at radius 3 is 2.36 bits per heavy atom. The Labute approximate surface area is 187 Å². The van der Waals surface area contributed by atoms with Crippen LogP contribution in [-0.4, -0.2) is 47.9 Å². The number of hydrogen-bond donors (Lipinski definition) is 2. The highest BCUT2D eigenvalue weighted by atomic mass is 32.2. The largest absolute Gasteiger partial charge is 0.421 e. The lowest BCUT2D eigenvalue weighted by Crippen LogP contribution is -2.27. The zero-order valence-electron chi connectivity index (χ0n) is 17.3. The second-order valence-electron chi connectivity index (χ2n) is 6.73. The highest BCUT2D eigenvalue weighted by Gasteiger charge is 2.35. The van der Waals surface area contributed by atoms with Crippen LogP contribution in [0.5, 0.6) is 0 Å². The van der Waals surface area contributed by atoms with Gasteiger partial charge in [-0.3, -0.25) is 14.1 Å². The van der Waals surface area contributed by atoms with Crippen molar-refractivity contribution in [2.45, 2.75) is 12.7 Å². The molecule has 2 N–H and O–H groups in total. The quantitative estimate of drug-likeness (QED) is 0.467. The van der Waals surface area contributed by atoms with E-state index in [-0.39, 0.29) is 24.0 Å². The van der Waals surface area contributed by atoms with E-state index in [1.54, 1.807) is 12.1 Å². The van der Waals surface area contributed by atoms with Crippen molar-refractivity contribution in [3.8, 4) is 0 Å². The van der Waals surface area contributed by atoms with Gasteiger partial charge in [-0.2, -0.15) is 18.2 Å². The molecule has 33 heavy (non-hydrogen) atoms. The number of anilines is 4. The summed E-state index contributed by atoms with van der Waals surface area (Å²) >= 11 is 0. The Hall–Kier alpha value is -3.81. The number of rotatable bonds is 8. The summed E-state index contributed by atoms with van der Waals surface area (Å²) in [5.74, 6) is -0.705. The topological polar surface area (TPSA) is 130 Å². The van der Waals surface area contributed by atoms with E-state index in [1.807, 2.05) is 0 Å². The summed E-state index contributed by atoms with van der Waals surface area (Å²) in [6.07, 6.45) is 0.0490. The van der Waals surface area contributed by atoms with E-state index in [4.69, 9.17) is 0 Å². The molecule has 1 aromatic carbocycles. The van der Waals surface area contributed by atoms with Gasteiger partial charge >= 0.3 is 6.18 Å². The molecule has 0 unspecified atom stereocenters. The summed E-state index contributed by atoms with van der Waals surface area (Å²) in [6, 6.07) is 6.13. The van der Waals surface area contributed by atoms with Crippen LogP contribution in [0.3, 0.4) is 0 Å². The first kappa shape index (κ1) is 23.8. The van der Waals surface area contributed by atoms with Crippen molar-refractivity contribution in [1.29, 1.82) is 0 Å². The van der Waals surface area contributed by atoms with Gasteiger partial charge in [0.25, 0.3) is 0 Å². The molecule has 10 nitrogen and oxygen atoms in total. The van der Waals surface area contributed by atoms with Gasteiger partial charge in [-0.05, 0) is 24.3 Å². The SMILES string of the molecule is CN(c1nccnc1CNc1nc(Nc2ccc(C=O)cc2)ncc1C(F)(F)F)S(C)(=O)=O. The number of hydrogen-bond acceptors (Lipinski definition) is 9. The van der Waals surface area contributed by atoms with Crippen molar-refractivity contribution >= 4 is 39.6 Å². The predicted molar refractivity (Wildman–Crippen MR) is 115 cm³/mol. The molecular formula is C19H18F3N7O3S. The molecule has 0 aliphatic carbocycles. The second kappa shape index (κ2) is 9.36. The maximum atomic E-state index is 13.5. The van der Waals surface area contributed by atoms with Crippen LogP contribution < -0.4 is 14.9 Å². The fourth-order valence-electron chi connectivity index (χ4n) is 2.63. The molecular weight excluding hydrogens is 463 g/mol. The number of aldehydes is 1. The standard InChI is InChI=1S/C19H18F3N7O3S/c1-29(33(2,31)32)17-15(23-7-8-24-17)10-25-16-14(19(20,21)22)9-26-18(28-16)27-13-5-3-12(11-30)4-6-13/h3-9,11H,10H2,1-2H3,(H2,25,26,27,28). The monoisotopic (exact) mass is 481 g/mol. The van der Waals surface area contributed by atoms with Gasteiger partial charge in [0.05, 0.1) is 12.8 Å². The molecule has 0 amide bonds. The van der Waals surface area contributed by atoms with Crippen molar-refractivity contribution in [3.05, 3.63) is 59.7 Å². The molecule has 0 saturated carbocycles. The van der Waals surface area contributed by atoms with E-state index in [2.05, 4.69) is 30.6 Å². The van der Waals surface area contributed by atoms with Crippen molar-refractivity contribution in [3.63, 3.8) is 0 Å². The van der Waals surface area contributed by atoms with Gasteiger partial charge in [-0.15, -0.1) is 0 Å². The zero-order chi connectivity index (χ0) is 24.2. The van der Waals surface area contributed by atoms with Crippen LogP contribution in [0.1, 0.15) is 21.6 Å². The number of nitrogens with one attached hydrogen (secondary N) is 2. The number of benzene rings is 1. The highest BCUT2D eigenvalue weighted by Crippen LogP contribution is 2.34. The van der Waals surface area contributed by atoms with E-state index in [1.165, 1.54) is 31.6 Å². The Morgan fingerprint density at radius 1 is 1.09 bits per heavy atom. The van der Waals surface area contributed by atoms with Gasteiger partial charge < -0.3 is 10.6 Å². The molecule has 0 atom stereocenters. The van der Waals surface area contributed by atoms with Crippen molar-refractivity contribution < 1.29 is 26.4 Å². The molecule has 0 saturated heterocycles. The summed E-state index contributed by atoms with van der Waals surface area (Å²) in [4.78, 5) is 26.4. The lowest BCUT2D eigenvalue weighted by atomic mass is 10.2. The highest BCUT2D eigenvalue weighted by molar-refractivity contribution is 7.92. The van der Waals surface area contributed by atoms with E-state index < -0.39 is 27.6 Å². The molecule has 2 aromatic heterocycles. The van der Waals surface area contributed by atoms with Gasteiger partial charge in [-0.25, -0.2) is 18.4 Å². The molecule has 3 aromatic rings. The molecule has 174 valence electrons. The summed E-state index contributed by atoms with van der Waals surface area (Å²) in [5.41, 5.74) is -0.144. The number of alkyl halides is 3. The zero-order valence-corrected chi connectivity index (χ0v) is 18.1. The van der Waals surface area contributed by atoms with Crippen LogP contribution in [-0.2, 0) is 22.7 Å². The number of sulfonamides is 1. The van der Waals surface area contributed by atoms with Gasteiger partial charge in [0, 0.05) is 36.9 Å². The first-order chi connectivity index (χ1) is 15.5. The van der Waals surface area contributed by atoms with Crippen LogP contribution in [0.2, 0.25) is 0 Å². The molecule has 0 fully saturated rings. The van der Waals surface area contributed by atoms with Gasteiger partial charge in [0.1, 0.15) is 23.4 Å². The Kier molecular flexibility index (Phi) is 6.76. The van der Waals surface area contributed by atoms with E-state index >= 15 is 0 Å². The normalized spacial score (nSPS) is 11.7. The van der Waals surface area contributed by atoms with Crippen LogP contribution in [0, 0.1) is 0 Å². The van der Waals surface area contributed by atoms with Crippen LogP contribution in [0.15, 0.2) is 42.9 Å². The fourth-order valence-corrected chi connectivity index (χ4v) is 3.10. The minimum atomic E-state index is -4.75. The number of carbonyl (C=O) groups excluding carboxylic acids is 1. The van der Waals surface area contributed by atoms with Crippen LogP contribution in [0.25, 0.3) is 0 Å². The number of carbonyl (C=O) groups is 1. The average molecular weight is 481 g/mol. The number of nitrogens with zero attached hydrogens (tertiary/aromatic N) is 5. The summed E-state index contributed by atoms with van der Waals surface area (Å²) in [6.45, 7) is -0.295. The third kappa shape index (κ3) is 5.91. The van der Waals surface area contributed by atoms with E-state index in [0.717, 1.165) is 10.6 Å². The third-order valence-electron chi connectivity index (χ3n) is 4.37. The second-order valence-corrected chi connectivity index (χ2v) is 8.74. The molecule has 0 bridgehead atoms. The van der Waals surface area contributed by atoms with Gasteiger partial charge in [0.15, 0.2) is 5.82 Å². The molecule has 0 spiro atoms. The maximum Gasteiger partial charge on any atom is 0.421 e. The van der Waals surface area contributed by atoms with Crippen LogP contribution >= 0.6 is 0 Å². The Balaban J connectivity index is 1.90. The lowest BCUT2D eigenvalue weighted by Gasteiger charge is -2.19. The predicted octanol–water partition coefficient (Wildman–Crippen LogP) is 2.85. The van der Waals surface area contributed by atoms with Crippen molar-refractivity contribution in [2.24, 2.45) is 0 Å². The minimum absolute atomic E-state index is 0.0382. The summed E-state index contributed by atoms with van der Waals surface area (Å²) < 4.78 is 65.0. The molecule has 14 heteroatoms. The first-order valence-corrected chi connectivity index (χ1v) is 11.1. The molecule has 0 aliphatic heterocycles. The van der Waals surface area contributed by atoms with Gasteiger partial charge in [-0.1, -0.05) is 0 Å². The van der Waals surface area contributed by atoms with E-state index in [9.17, 15) is 26.4 Å². The smallest absolute Gasteiger partial charge is 0.364 e. The lowest BCUT2D eigenvalue weighted by molar-refractivity contribution is -0.137. The summed E-state index contributed by atoms with van der Waals surface area (Å²) in [5, 5.41) is 5.31. The number of aromatic nitrogens is 4. The van der Waals surface area contributed by atoms with Crippen LogP contribution in [0.4, 0.5) is 36.4 Å². The first-order valence-electron chi connectivity index (χ1n) is 9.23. The number of halogens is 3. The Morgan fingerprint density at radius 2 is 1.76 bits per heavy atom. The fraction of sp³-hybridized carbons (Fsp3) is 0.211. The van der Waals surface area contributed by atoms with Crippen molar-refractivity contribution in [2.75, 3.05) is 28.2 Å². The van der Waals surface area contributed by atoms with E-state index in [0.29, 0.717) is 23.7 Å². The molecule has 3 rings (SSSR count). The van der Waals surface area contributed by atoms with Gasteiger partial charge in [0.2, 0.25) is 16.0 Å². The molecule has 0 aliphatic rings. The average Bonchev–Trinajstić information content (AvgIpc) is 2.76. The molecule has 2 heterocycles.